The fourth-order valence-electron chi connectivity index (χ4n) is 6.99. The highest BCUT2D eigenvalue weighted by atomic mass is 35.5. The van der Waals surface area contributed by atoms with Gasteiger partial charge in [-0.2, -0.15) is 0 Å². The van der Waals surface area contributed by atoms with Crippen LogP contribution in [0.15, 0.2) is 23.5 Å². The number of ketones is 3. The van der Waals surface area contributed by atoms with Crippen LogP contribution in [0.5, 0.6) is 0 Å². The van der Waals surface area contributed by atoms with Crippen molar-refractivity contribution in [3.63, 3.8) is 0 Å². The van der Waals surface area contributed by atoms with Gasteiger partial charge in [-0.25, -0.2) is 0 Å². The quantitative estimate of drug-likeness (QED) is 0.497. The van der Waals surface area contributed by atoms with Crippen molar-refractivity contribution in [3.05, 3.63) is 23.5 Å². The molecule has 0 aromatic heterocycles. The molecule has 31 heavy (non-hydrogen) atoms. The van der Waals surface area contributed by atoms with Crippen LogP contribution in [0.4, 0.5) is 0 Å². The second-order valence-corrected chi connectivity index (χ2v) is 10.3. The maximum atomic E-state index is 13.6. The molecule has 7 atom stereocenters. The molecule has 8 heteroatoms. The Kier molecular flexibility index (Phi) is 5.11. The zero-order valence-corrected chi connectivity index (χ0v) is 18.6. The SMILES string of the molecule is CC(=O)OC1=CC(=O)C=C2[C@@H](Cl)C[C@@H]3[C@H](C(=O)C[C@@]4(C)[C@H]3CC[C@]4(O)C(=O)CO)[C@@]12C. The molecule has 0 spiro atoms. The van der Waals surface area contributed by atoms with E-state index in [0.717, 1.165) is 0 Å². The van der Waals surface area contributed by atoms with Crippen molar-refractivity contribution in [1.82, 2.24) is 0 Å². The molecule has 168 valence electrons. The molecule has 0 saturated heterocycles. The summed E-state index contributed by atoms with van der Waals surface area (Å²) in [5, 5.41) is 20.1. The number of alkyl halides is 1. The molecule has 0 aromatic carbocycles. The van der Waals surface area contributed by atoms with Gasteiger partial charge in [-0.05, 0) is 49.7 Å². The monoisotopic (exact) mass is 450 g/mol. The van der Waals surface area contributed by atoms with E-state index in [4.69, 9.17) is 16.3 Å². The van der Waals surface area contributed by atoms with Gasteiger partial charge < -0.3 is 14.9 Å². The van der Waals surface area contributed by atoms with Gasteiger partial charge in [-0.15, -0.1) is 11.6 Å². The molecule has 3 saturated carbocycles. The van der Waals surface area contributed by atoms with Crippen LogP contribution >= 0.6 is 11.6 Å². The van der Waals surface area contributed by atoms with Crippen molar-refractivity contribution in [2.45, 2.75) is 57.4 Å². The highest BCUT2D eigenvalue weighted by Crippen LogP contribution is 2.67. The van der Waals surface area contributed by atoms with E-state index in [1.165, 1.54) is 19.1 Å². The van der Waals surface area contributed by atoms with Crippen LogP contribution < -0.4 is 0 Å². The number of carbonyl (C=O) groups excluding carboxylic acids is 4. The summed E-state index contributed by atoms with van der Waals surface area (Å²) < 4.78 is 5.43. The zero-order chi connectivity index (χ0) is 22.9. The third kappa shape index (κ3) is 2.86. The van der Waals surface area contributed by atoms with Crippen molar-refractivity contribution in [1.29, 1.82) is 0 Å². The highest BCUT2D eigenvalue weighted by Gasteiger charge is 2.70. The van der Waals surface area contributed by atoms with Gasteiger partial charge >= 0.3 is 5.97 Å². The molecule has 4 rings (SSSR count). The number of ether oxygens (including phenoxy) is 1. The Morgan fingerprint density at radius 3 is 2.55 bits per heavy atom. The molecular weight excluding hydrogens is 424 g/mol. The first-order valence-electron chi connectivity index (χ1n) is 10.6. The summed E-state index contributed by atoms with van der Waals surface area (Å²) in [6, 6.07) is 0. The molecule has 0 amide bonds. The Bertz CT molecular complexity index is 952. The first kappa shape index (κ1) is 22.4. The number of hydrogen-bond acceptors (Lipinski definition) is 7. The smallest absolute Gasteiger partial charge is 0.307 e. The van der Waals surface area contributed by atoms with Crippen molar-refractivity contribution < 1.29 is 34.1 Å². The maximum Gasteiger partial charge on any atom is 0.307 e. The summed E-state index contributed by atoms with van der Waals surface area (Å²) in [6.07, 6.45) is 3.72. The van der Waals surface area contributed by atoms with Crippen LogP contribution in [-0.4, -0.2) is 51.1 Å². The van der Waals surface area contributed by atoms with Gasteiger partial charge in [0.25, 0.3) is 0 Å². The van der Waals surface area contributed by atoms with Crippen molar-refractivity contribution in [2.75, 3.05) is 6.61 Å². The molecule has 0 unspecified atom stereocenters. The number of hydrogen-bond donors (Lipinski definition) is 2. The van der Waals surface area contributed by atoms with Gasteiger partial charge in [0.2, 0.25) is 0 Å². The minimum Gasteiger partial charge on any atom is -0.430 e. The fraction of sp³-hybridized carbons (Fsp3) is 0.652. The van der Waals surface area contributed by atoms with Crippen LogP contribution in [-0.2, 0) is 23.9 Å². The summed E-state index contributed by atoms with van der Waals surface area (Å²) >= 11 is 6.74. The van der Waals surface area contributed by atoms with Crippen LogP contribution in [0.1, 0.15) is 46.5 Å². The van der Waals surface area contributed by atoms with Gasteiger partial charge in [0.05, 0.1) is 10.8 Å². The number of halogens is 1. The number of carbonyl (C=O) groups is 4. The number of allylic oxidation sites excluding steroid dienone is 3. The van der Waals surface area contributed by atoms with E-state index in [9.17, 15) is 29.4 Å². The normalized spacial score (nSPS) is 43.9. The van der Waals surface area contributed by atoms with E-state index in [2.05, 4.69) is 0 Å². The minimum absolute atomic E-state index is 0.0435. The Morgan fingerprint density at radius 1 is 1.26 bits per heavy atom. The zero-order valence-electron chi connectivity index (χ0n) is 17.8. The van der Waals surface area contributed by atoms with E-state index in [0.29, 0.717) is 18.4 Å². The first-order chi connectivity index (χ1) is 14.4. The number of rotatable bonds is 3. The molecule has 0 aliphatic heterocycles. The van der Waals surface area contributed by atoms with Crippen LogP contribution in [0.2, 0.25) is 0 Å². The molecular formula is C23H27ClO7. The third-order valence-electron chi connectivity index (χ3n) is 8.39. The lowest BCUT2D eigenvalue weighted by atomic mass is 9.46. The average Bonchev–Trinajstić information content (AvgIpc) is 2.94. The summed E-state index contributed by atoms with van der Waals surface area (Å²) in [7, 11) is 0. The number of aliphatic hydroxyl groups is 2. The van der Waals surface area contributed by atoms with Gasteiger partial charge in [0, 0.05) is 30.8 Å². The molecule has 3 fully saturated rings. The topological polar surface area (TPSA) is 118 Å². The van der Waals surface area contributed by atoms with Crippen LogP contribution in [0, 0.1) is 28.6 Å². The van der Waals surface area contributed by atoms with E-state index in [1.807, 2.05) is 0 Å². The summed E-state index contributed by atoms with van der Waals surface area (Å²) in [5.41, 5.74) is -3.29. The predicted octanol–water partition coefficient (Wildman–Crippen LogP) is 1.87. The summed E-state index contributed by atoms with van der Waals surface area (Å²) in [6.45, 7) is 3.98. The number of esters is 1. The lowest BCUT2D eigenvalue weighted by Gasteiger charge is -2.58. The molecule has 0 bridgehead atoms. The first-order valence-corrected chi connectivity index (χ1v) is 11.0. The standard InChI is InChI=1S/C23H27ClO7/c1-11(26)31-19-7-12(27)6-15-16(24)8-13-14-4-5-23(30,18(29)10-25)21(14,2)9-17(28)20(13)22(15,19)3/h6-7,13-14,16,20,25,30H,4-5,8-10H2,1-3H3/t13-,14-,16-,20+,21-,22+,23-/m0/s1. The van der Waals surface area contributed by atoms with Crippen LogP contribution in [0.25, 0.3) is 0 Å². The molecule has 4 aliphatic rings. The van der Waals surface area contributed by atoms with Crippen molar-refractivity contribution >= 4 is 34.9 Å². The van der Waals surface area contributed by atoms with Crippen LogP contribution in [0.3, 0.4) is 0 Å². The highest BCUT2D eigenvalue weighted by molar-refractivity contribution is 6.23. The van der Waals surface area contributed by atoms with E-state index in [-0.39, 0.29) is 42.0 Å². The number of fused-ring (bicyclic) bond motifs is 5. The number of Topliss-reactive ketones (excluding diaryl/α,β-unsaturated/α-hetero) is 2. The predicted molar refractivity (Wildman–Crippen MR) is 110 cm³/mol. The second kappa shape index (κ2) is 7.09. The van der Waals surface area contributed by atoms with Gasteiger partial charge in [-0.1, -0.05) is 6.92 Å². The van der Waals surface area contributed by atoms with E-state index < -0.39 is 46.1 Å². The number of aliphatic hydroxyl groups excluding tert-OH is 1. The Morgan fingerprint density at radius 2 is 1.94 bits per heavy atom. The van der Waals surface area contributed by atoms with E-state index in [1.54, 1.807) is 13.8 Å². The molecule has 7 nitrogen and oxygen atoms in total. The van der Waals surface area contributed by atoms with Crippen molar-refractivity contribution in [2.24, 2.45) is 28.6 Å². The molecule has 0 heterocycles. The second-order valence-electron chi connectivity index (χ2n) is 9.80. The van der Waals surface area contributed by atoms with Gasteiger partial charge in [0.1, 0.15) is 23.8 Å². The fourth-order valence-corrected chi connectivity index (χ4v) is 7.49. The van der Waals surface area contributed by atoms with Crippen molar-refractivity contribution in [3.8, 4) is 0 Å². The van der Waals surface area contributed by atoms with Gasteiger partial charge in [0.15, 0.2) is 11.6 Å². The Labute approximate surface area is 185 Å². The maximum absolute atomic E-state index is 13.6. The molecule has 0 radical (unpaired) electrons. The molecule has 2 N–H and O–H groups in total. The average molecular weight is 451 g/mol. The lowest BCUT2D eigenvalue weighted by Crippen LogP contribution is -2.62. The lowest BCUT2D eigenvalue weighted by molar-refractivity contribution is -0.170. The third-order valence-corrected chi connectivity index (χ3v) is 8.81. The Hall–Kier alpha value is -1.83. The molecule has 4 aliphatic carbocycles. The Balaban J connectivity index is 1.83. The van der Waals surface area contributed by atoms with E-state index >= 15 is 0 Å². The summed E-state index contributed by atoms with van der Waals surface area (Å²) in [4.78, 5) is 50.2. The summed E-state index contributed by atoms with van der Waals surface area (Å²) in [5.74, 6) is -2.71. The van der Waals surface area contributed by atoms with Gasteiger partial charge in [-0.3, -0.25) is 19.2 Å². The molecule has 0 aromatic rings. The largest absolute Gasteiger partial charge is 0.430 e. The minimum atomic E-state index is -1.77.